The lowest BCUT2D eigenvalue weighted by molar-refractivity contribution is -0.140. The number of sulfone groups is 1. The van der Waals surface area contributed by atoms with Crippen LogP contribution in [0.4, 0.5) is 0 Å². The van der Waals surface area contributed by atoms with Crippen LogP contribution in [0.5, 0.6) is 0 Å². The average molecular weight is 233 g/mol. The van der Waals surface area contributed by atoms with E-state index in [2.05, 4.69) is 0 Å². The molecule has 1 rings (SSSR count). The molecule has 0 saturated carbocycles. The highest BCUT2D eigenvalue weighted by Crippen LogP contribution is 2.12. The first-order chi connectivity index (χ1) is 6.79. The Hall–Kier alpha value is -0.910. The first kappa shape index (κ1) is 12.2. The first-order valence-corrected chi connectivity index (χ1v) is 6.84. The molecule has 1 fully saturated rings. The second-order valence-corrected chi connectivity index (χ2v) is 6.18. The predicted molar refractivity (Wildman–Crippen MR) is 55.1 cm³/mol. The number of likely N-dealkylation sites (tertiary alicyclic amines) is 1. The molecule has 15 heavy (non-hydrogen) atoms. The molecule has 1 aliphatic heterocycles. The van der Waals surface area contributed by atoms with E-state index in [9.17, 15) is 18.0 Å². The standard InChI is InChI=1S/C9H15NO4S/c1-7(6-15(2,13)14)10-4-3-8(11)5-9(10)12/h7H,3-6H2,1-2H3. The van der Waals surface area contributed by atoms with Crippen molar-refractivity contribution < 1.29 is 18.0 Å². The number of carbonyl (C=O) groups excluding carboxylic acids is 2. The Morgan fingerprint density at radius 1 is 1.40 bits per heavy atom. The summed E-state index contributed by atoms with van der Waals surface area (Å²) in [4.78, 5) is 23.9. The number of ketones is 1. The van der Waals surface area contributed by atoms with E-state index < -0.39 is 9.84 Å². The van der Waals surface area contributed by atoms with Crippen molar-refractivity contribution in [3.63, 3.8) is 0 Å². The number of nitrogens with zero attached hydrogens (tertiary/aromatic N) is 1. The molecular weight excluding hydrogens is 218 g/mol. The van der Waals surface area contributed by atoms with Gasteiger partial charge >= 0.3 is 0 Å². The third-order valence-electron chi connectivity index (χ3n) is 2.38. The lowest BCUT2D eigenvalue weighted by Crippen LogP contribution is -2.46. The minimum absolute atomic E-state index is 0.0487. The summed E-state index contributed by atoms with van der Waals surface area (Å²) in [6, 6.07) is -0.347. The first-order valence-electron chi connectivity index (χ1n) is 4.78. The number of Topliss-reactive ketones (excluding diaryl/α,β-unsaturated/α-hetero) is 1. The second kappa shape index (κ2) is 4.30. The summed E-state index contributed by atoms with van der Waals surface area (Å²) in [7, 11) is -3.09. The van der Waals surface area contributed by atoms with E-state index in [1.54, 1.807) is 6.92 Å². The number of piperidine rings is 1. The smallest absolute Gasteiger partial charge is 0.230 e. The van der Waals surface area contributed by atoms with Gasteiger partial charge in [0.05, 0.1) is 12.2 Å². The van der Waals surface area contributed by atoms with Crippen molar-refractivity contribution in [2.75, 3.05) is 18.6 Å². The molecule has 1 unspecified atom stereocenters. The van der Waals surface area contributed by atoms with E-state index in [0.29, 0.717) is 13.0 Å². The Morgan fingerprint density at radius 2 is 2.00 bits per heavy atom. The summed E-state index contributed by atoms with van der Waals surface area (Å²) in [5, 5.41) is 0. The number of carbonyl (C=O) groups is 2. The fourth-order valence-electron chi connectivity index (χ4n) is 1.72. The quantitative estimate of drug-likeness (QED) is 0.622. The van der Waals surface area contributed by atoms with Crippen LogP contribution < -0.4 is 0 Å². The molecule has 0 aromatic carbocycles. The normalized spacial score (nSPS) is 20.5. The monoisotopic (exact) mass is 233 g/mol. The Morgan fingerprint density at radius 3 is 2.47 bits per heavy atom. The molecule has 1 heterocycles. The van der Waals surface area contributed by atoms with Gasteiger partial charge in [0, 0.05) is 25.3 Å². The highest BCUT2D eigenvalue weighted by atomic mass is 32.2. The molecule has 1 atom stereocenters. The van der Waals surface area contributed by atoms with Crippen molar-refractivity contribution in [2.45, 2.75) is 25.8 Å². The molecule has 0 spiro atoms. The molecule has 0 N–H and O–H groups in total. The van der Waals surface area contributed by atoms with Crippen molar-refractivity contribution >= 4 is 21.5 Å². The summed E-state index contributed by atoms with van der Waals surface area (Å²) in [6.45, 7) is 2.03. The number of rotatable bonds is 3. The van der Waals surface area contributed by atoms with Crippen LogP contribution in [0.3, 0.4) is 0 Å². The maximum absolute atomic E-state index is 11.4. The maximum Gasteiger partial charge on any atom is 0.230 e. The molecule has 86 valence electrons. The van der Waals surface area contributed by atoms with Gasteiger partial charge in [-0.2, -0.15) is 0 Å². The van der Waals surface area contributed by atoms with Gasteiger partial charge in [-0.1, -0.05) is 0 Å². The van der Waals surface area contributed by atoms with E-state index in [4.69, 9.17) is 0 Å². The predicted octanol–water partition coefficient (Wildman–Crippen LogP) is -0.389. The highest BCUT2D eigenvalue weighted by molar-refractivity contribution is 7.90. The van der Waals surface area contributed by atoms with Crippen molar-refractivity contribution in [3.8, 4) is 0 Å². The van der Waals surface area contributed by atoms with Gasteiger partial charge in [0.25, 0.3) is 0 Å². The van der Waals surface area contributed by atoms with Gasteiger partial charge in [-0.05, 0) is 6.92 Å². The Labute approximate surface area is 89.4 Å². The van der Waals surface area contributed by atoms with Crippen molar-refractivity contribution in [1.82, 2.24) is 4.90 Å². The zero-order chi connectivity index (χ0) is 11.6. The van der Waals surface area contributed by atoms with E-state index in [-0.39, 0.29) is 29.9 Å². The van der Waals surface area contributed by atoms with Crippen LogP contribution in [0.15, 0.2) is 0 Å². The number of hydrogen-bond donors (Lipinski definition) is 0. The zero-order valence-corrected chi connectivity index (χ0v) is 9.71. The molecule has 1 aliphatic rings. The molecule has 0 aromatic heterocycles. The van der Waals surface area contributed by atoms with Gasteiger partial charge in [-0.15, -0.1) is 0 Å². The fourth-order valence-corrected chi connectivity index (χ4v) is 2.78. The molecule has 5 nitrogen and oxygen atoms in total. The van der Waals surface area contributed by atoms with Crippen LogP contribution in [-0.2, 0) is 19.4 Å². The van der Waals surface area contributed by atoms with Gasteiger partial charge in [0.1, 0.15) is 15.6 Å². The van der Waals surface area contributed by atoms with E-state index >= 15 is 0 Å². The lowest BCUT2D eigenvalue weighted by atomic mass is 10.1. The van der Waals surface area contributed by atoms with Gasteiger partial charge in [-0.25, -0.2) is 8.42 Å². The molecule has 0 radical (unpaired) electrons. The fraction of sp³-hybridized carbons (Fsp3) is 0.778. The topological polar surface area (TPSA) is 71.5 Å². The van der Waals surface area contributed by atoms with E-state index in [1.807, 2.05) is 0 Å². The van der Waals surface area contributed by atoms with Gasteiger partial charge < -0.3 is 4.90 Å². The summed E-state index contributed by atoms with van der Waals surface area (Å²) in [5.41, 5.74) is 0. The number of amides is 1. The molecular formula is C9H15NO4S. The van der Waals surface area contributed by atoms with Crippen molar-refractivity contribution in [1.29, 1.82) is 0 Å². The van der Waals surface area contributed by atoms with E-state index in [1.165, 1.54) is 4.90 Å². The second-order valence-electron chi connectivity index (χ2n) is 3.99. The molecule has 0 aliphatic carbocycles. The van der Waals surface area contributed by atoms with Crippen molar-refractivity contribution in [2.24, 2.45) is 0 Å². The SMILES string of the molecule is CC(CS(C)(=O)=O)N1CCC(=O)CC1=O. The Kier molecular flexibility index (Phi) is 3.49. The largest absolute Gasteiger partial charge is 0.338 e. The van der Waals surface area contributed by atoms with Crippen LogP contribution in [0.1, 0.15) is 19.8 Å². The van der Waals surface area contributed by atoms with Gasteiger partial charge in [0.15, 0.2) is 0 Å². The summed E-state index contributed by atoms with van der Waals surface area (Å²) >= 11 is 0. The molecule has 1 amide bonds. The average Bonchev–Trinajstić information content (AvgIpc) is 1.99. The minimum Gasteiger partial charge on any atom is -0.338 e. The van der Waals surface area contributed by atoms with Gasteiger partial charge in [-0.3, -0.25) is 9.59 Å². The van der Waals surface area contributed by atoms with Crippen LogP contribution >= 0.6 is 0 Å². The van der Waals surface area contributed by atoms with Crippen LogP contribution in [-0.4, -0.2) is 49.6 Å². The highest BCUT2D eigenvalue weighted by Gasteiger charge is 2.28. The summed E-state index contributed by atoms with van der Waals surface area (Å²) < 4.78 is 22.1. The summed E-state index contributed by atoms with van der Waals surface area (Å²) in [5.74, 6) is -0.377. The molecule has 0 aromatic rings. The van der Waals surface area contributed by atoms with Crippen molar-refractivity contribution in [3.05, 3.63) is 0 Å². The Bertz CT molecular complexity index is 374. The third-order valence-corrected chi connectivity index (χ3v) is 3.46. The lowest BCUT2D eigenvalue weighted by Gasteiger charge is -2.31. The molecule has 0 bridgehead atoms. The minimum atomic E-state index is -3.09. The van der Waals surface area contributed by atoms with Crippen LogP contribution in [0.25, 0.3) is 0 Å². The Balaban J connectivity index is 2.64. The van der Waals surface area contributed by atoms with Gasteiger partial charge in [0.2, 0.25) is 5.91 Å². The van der Waals surface area contributed by atoms with Crippen LogP contribution in [0, 0.1) is 0 Å². The third kappa shape index (κ3) is 3.62. The zero-order valence-electron chi connectivity index (χ0n) is 8.89. The summed E-state index contributed by atoms with van der Waals surface area (Å²) in [6.07, 6.45) is 1.39. The maximum atomic E-state index is 11.4. The van der Waals surface area contributed by atoms with E-state index in [0.717, 1.165) is 6.26 Å². The van der Waals surface area contributed by atoms with Crippen LogP contribution in [0.2, 0.25) is 0 Å². The molecule has 6 heteroatoms. The molecule has 1 saturated heterocycles. The number of hydrogen-bond acceptors (Lipinski definition) is 4.